The van der Waals surface area contributed by atoms with Gasteiger partial charge in [0.25, 0.3) is 0 Å². The van der Waals surface area contributed by atoms with E-state index in [0.717, 1.165) is 42.0 Å². The molecule has 0 unspecified atom stereocenters. The third-order valence-electron chi connectivity index (χ3n) is 3.56. The summed E-state index contributed by atoms with van der Waals surface area (Å²) in [6, 6.07) is 9.92. The summed E-state index contributed by atoms with van der Waals surface area (Å²) in [5.41, 5.74) is 1.26. The number of hydrogen-bond donors (Lipinski definition) is 2. The maximum Gasteiger partial charge on any atom is 0.131 e. The highest BCUT2D eigenvalue weighted by molar-refractivity contribution is 6.30. The molecule has 0 saturated carbocycles. The summed E-state index contributed by atoms with van der Waals surface area (Å²) in [4.78, 5) is 8.87. The molecule has 0 aliphatic heterocycles. The number of halogens is 1. The fourth-order valence-electron chi connectivity index (χ4n) is 2.33. The van der Waals surface area contributed by atoms with Crippen molar-refractivity contribution in [1.82, 2.24) is 9.97 Å². The molecule has 0 fully saturated rings. The lowest BCUT2D eigenvalue weighted by Crippen LogP contribution is -2.10. The van der Waals surface area contributed by atoms with E-state index >= 15 is 0 Å². The number of anilines is 2. The van der Waals surface area contributed by atoms with Crippen molar-refractivity contribution in [2.45, 2.75) is 39.5 Å². The molecule has 0 aliphatic rings. The molecule has 1 aromatic carbocycles. The van der Waals surface area contributed by atoms with Crippen LogP contribution >= 0.6 is 11.6 Å². The number of nitrogens with zero attached hydrogens (tertiary/aromatic N) is 2. The molecule has 23 heavy (non-hydrogen) atoms. The average molecular weight is 333 g/mol. The lowest BCUT2D eigenvalue weighted by molar-refractivity contribution is 0.742. The number of rotatable bonds is 9. The first-order chi connectivity index (χ1) is 11.2. The van der Waals surface area contributed by atoms with E-state index < -0.39 is 0 Å². The van der Waals surface area contributed by atoms with Crippen molar-refractivity contribution in [2.75, 3.05) is 23.7 Å². The van der Waals surface area contributed by atoms with E-state index in [2.05, 4.69) is 39.7 Å². The normalized spacial score (nSPS) is 10.6. The summed E-state index contributed by atoms with van der Waals surface area (Å²) in [7, 11) is 0. The van der Waals surface area contributed by atoms with Gasteiger partial charge in [0.2, 0.25) is 0 Å². The SMILES string of the molecule is CCCCCNc1cc(NCCc2ccc(Cl)cc2)nc(C)n1. The molecule has 124 valence electrons. The maximum atomic E-state index is 5.90. The predicted molar refractivity (Wildman–Crippen MR) is 98.4 cm³/mol. The third-order valence-corrected chi connectivity index (χ3v) is 3.81. The second-order valence-electron chi connectivity index (χ2n) is 5.62. The van der Waals surface area contributed by atoms with E-state index in [0.29, 0.717) is 0 Å². The van der Waals surface area contributed by atoms with Gasteiger partial charge in [-0.15, -0.1) is 0 Å². The Labute approximate surface area is 143 Å². The molecule has 0 amide bonds. The van der Waals surface area contributed by atoms with Gasteiger partial charge >= 0.3 is 0 Å². The van der Waals surface area contributed by atoms with Gasteiger partial charge in [0.1, 0.15) is 17.5 Å². The Hall–Kier alpha value is -1.81. The molecular weight excluding hydrogens is 308 g/mol. The number of aromatic nitrogens is 2. The zero-order chi connectivity index (χ0) is 16.5. The van der Waals surface area contributed by atoms with Gasteiger partial charge in [0.05, 0.1) is 0 Å². The number of unbranched alkanes of at least 4 members (excludes halogenated alkanes) is 2. The van der Waals surface area contributed by atoms with Crippen molar-refractivity contribution in [3.8, 4) is 0 Å². The summed E-state index contributed by atoms with van der Waals surface area (Å²) >= 11 is 5.90. The highest BCUT2D eigenvalue weighted by Crippen LogP contribution is 2.13. The summed E-state index contributed by atoms with van der Waals surface area (Å²) in [6.45, 7) is 5.90. The van der Waals surface area contributed by atoms with Crippen LogP contribution in [0.1, 0.15) is 37.6 Å². The molecule has 0 spiro atoms. The first-order valence-corrected chi connectivity index (χ1v) is 8.63. The number of benzene rings is 1. The first-order valence-electron chi connectivity index (χ1n) is 8.25. The van der Waals surface area contributed by atoms with Crippen molar-refractivity contribution < 1.29 is 0 Å². The van der Waals surface area contributed by atoms with E-state index in [4.69, 9.17) is 11.6 Å². The minimum Gasteiger partial charge on any atom is -0.370 e. The fraction of sp³-hybridized carbons (Fsp3) is 0.444. The predicted octanol–water partition coefficient (Wildman–Crippen LogP) is 4.70. The second-order valence-corrected chi connectivity index (χ2v) is 6.06. The Kier molecular flexibility index (Phi) is 7.14. The molecule has 4 nitrogen and oxygen atoms in total. The van der Waals surface area contributed by atoms with Crippen molar-refractivity contribution in [3.63, 3.8) is 0 Å². The minimum absolute atomic E-state index is 0.770. The molecule has 0 atom stereocenters. The van der Waals surface area contributed by atoms with Gasteiger partial charge in [-0.3, -0.25) is 0 Å². The lowest BCUT2D eigenvalue weighted by atomic mass is 10.1. The van der Waals surface area contributed by atoms with Crippen molar-refractivity contribution in [2.24, 2.45) is 0 Å². The lowest BCUT2D eigenvalue weighted by Gasteiger charge is -2.10. The van der Waals surface area contributed by atoms with E-state index in [1.54, 1.807) is 0 Å². The quantitative estimate of drug-likeness (QED) is 0.654. The Morgan fingerprint density at radius 2 is 1.61 bits per heavy atom. The number of hydrogen-bond acceptors (Lipinski definition) is 4. The van der Waals surface area contributed by atoms with Gasteiger partial charge < -0.3 is 10.6 Å². The highest BCUT2D eigenvalue weighted by Gasteiger charge is 2.02. The van der Waals surface area contributed by atoms with E-state index in [9.17, 15) is 0 Å². The van der Waals surface area contributed by atoms with Crippen LogP contribution in [-0.4, -0.2) is 23.1 Å². The van der Waals surface area contributed by atoms with Gasteiger partial charge in [0, 0.05) is 24.2 Å². The molecule has 1 heterocycles. The van der Waals surface area contributed by atoms with Gasteiger partial charge in [-0.05, 0) is 37.5 Å². The molecule has 2 rings (SSSR count). The van der Waals surface area contributed by atoms with Crippen LogP contribution in [0.2, 0.25) is 5.02 Å². The molecule has 5 heteroatoms. The molecule has 0 aliphatic carbocycles. The van der Waals surface area contributed by atoms with Crippen molar-refractivity contribution in [3.05, 3.63) is 46.7 Å². The molecule has 0 radical (unpaired) electrons. The van der Waals surface area contributed by atoms with Crippen LogP contribution in [0.5, 0.6) is 0 Å². The highest BCUT2D eigenvalue weighted by atomic mass is 35.5. The van der Waals surface area contributed by atoms with Gasteiger partial charge in [-0.25, -0.2) is 9.97 Å². The third kappa shape index (κ3) is 6.45. The largest absolute Gasteiger partial charge is 0.370 e. The van der Waals surface area contributed by atoms with Crippen LogP contribution in [0, 0.1) is 6.92 Å². The number of aryl methyl sites for hydroxylation is 1. The standard InChI is InChI=1S/C18H25ClN4/c1-3-4-5-11-20-17-13-18(23-14(2)22-17)21-12-10-15-6-8-16(19)9-7-15/h6-9,13H,3-5,10-12H2,1-2H3,(H2,20,21,22,23). The van der Waals surface area contributed by atoms with E-state index in [1.807, 2.05) is 25.1 Å². The molecule has 1 aromatic heterocycles. The summed E-state index contributed by atoms with van der Waals surface area (Å²) in [5.74, 6) is 2.53. The van der Waals surface area contributed by atoms with Crippen LogP contribution in [0.15, 0.2) is 30.3 Å². The average Bonchev–Trinajstić information content (AvgIpc) is 2.53. The minimum atomic E-state index is 0.770. The Morgan fingerprint density at radius 1 is 0.957 bits per heavy atom. The smallest absolute Gasteiger partial charge is 0.131 e. The molecular formula is C18H25ClN4. The van der Waals surface area contributed by atoms with Gasteiger partial charge in [0.15, 0.2) is 0 Å². The van der Waals surface area contributed by atoms with Crippen LogP contribution in [-0.2, 0) is 6.42 Å². The van der Waals surface area contributed by atoms with Crippen LogP contribution in [0.4, 0.5) is 11.6 Å². The molecule has 2 aromatic rings. The monoisotopic (exact) mass is 332 g/mol. The van der Waals surface area contributed by atoms with Crippen LogP contribution in [0.25, 0.3) is 0 Å². The summed E-state index contributed by atoms with van der Waals surface area (Å²) in [5, 5.41) is 7.51. The van der Waals surface area contributed by atoms with Gasteiger partial charge in [-0.2, -0.15) is 0 Å². The van der Waals surface area contributed by atoms with Crippen molar-refractivity contribution >= 4 is 23.2 Å². The Morgan fingerprint density at radius 3 is 2.26 bits per heavy atom. The zero-order valence-electron chi connectivity index (χ0n) is 13.9. The molecule has 0 bridgehead atoms. The fourth-order valence-corrected chi connectivity index (χ4v) is 2.45. The Balaban J connectivity index is 1.84. The summed E-state index contributed by atoms with van der Waals surface area (Å²) < 4.78 is 0. The second kappa shape index (κ2) is 9.36. The first kappa shape index (κ1) is 17.5. The van der Waals surface area contributed by atoms with E-state index in [-0.39, 0.29) is 0 Å². The van der Waals surface area contributed by atoms with Crippen molar-refractivity contribution in [1.29, 1.82) is 0 Å². The van der Waals surface area contributed by atoms with Crippen LogP contribution < -0.4 is 10.6 Å². The summed E-state index contributed by atoms with van der Waals surface area (Å²) in [6.07, 6.45) is 4.56. The van der Waals surface area contributed by atoms with Crippen LogP contribution in [0.3, 0.4) is 0 Å². The molecule has 2 N–H and O–H groups in total. The molecule has 0 saturated heterocycles. The zero-order valence-corrected chi connectivity index (χ0v) is 14.7. The topological polar surface area (TPSA) is 49.8 Å². The number of nitrogens with one attached hydrogen (secondary N) is 2. The van der Waals surface area contributed by atoms with Gasteiger partial charge in [-0.1, -0.05) is 43.5 Å². The Bertz CT molecular complexity index is 598. The van der Waals surface area contributed by atoms with E-state index in [1.165, 1.54) is 24.8 Å². The maximum absolute atomic E-state index is 5.90.